The highest BCUT2D eigenvalue weighted by molar-refractivity contribution is 7.98. The molecule has 1 amide bonds. The number of hydrogen-bond acceptors (Lipinski definition) is 6. The van der Waals surface area contributed by atoms with E-state index in [1.54, 1.807) is 12.1 Å². The molecule has 8 heteroatoms. The van der Waals surface area contributed by atoms with E-state index in [0.29, 0.717) is 12.1 Å². The zero-order chi connectivity index (χ0) is 19.3. The SMILES string of the molecule is COC(=O)c1cc(NC(=O)CCc2c(C)nc(SC)nc2C)ccc1Cl. The molecule has 26 heavy (non-hydrogen) atoms. The Morgan fingerprint density at radius 2 is 1.88 bits per heavy atom. The van der Waals surface area contributed by atoms with Gasteiger partial charge in [-0.1, -0.05) is 23.4 Å². The highest BCUT2D eigenvalue weighted by Gasteiger charge is 2.14. The fourth-order valence-corrected chi connectivity index (χ4v) is 3.14. The van der Waals surface area contributed by atoms with Crippen LogP contribution in [0.3, 0.4) is 0 Å². The third-order valence-corrected chi connectivity index (χ3v) is 4.72. The molecule has 0 radical (unpaired) electrons. The Bertz CT molecular complexity index is 819. The lowest BCUT2D eigenvalue weighted by Gasteiger charge is -2.11. The van der Waals surface area contributed by atoms with Crippen molar-refractivity contribution in [3.63, 3.8) is 0 Å². The summed E-state index contributed by atoms with van der Waals surface area (Å²) in [6.45, 7) is 3.84. The Kier molecular flexibility index (Phi) is 6.99. The number of aryl methyl sites for hydroxylation is 2. The molecule has 0 aliphatic heterocycles. The number of esters is 1. The molecule has 0 spiro atoms. The highest BCUT2D eigenvalue weighted by atomic mass is 35.5. The molecule has 0 fully saturated rings. The summed E-state index contributed by atoms with van der Waals surface area (Å²) in [5.41, 5.74) is 3.44. The topological polar surface area (TPSA) is 81.2 Å². The van der Waals surface area contributed by atoms with E-state index in [1.165, 1.54) is 24.9 Å². The summed E-state index contributed by atoms with van der Waals surface area (Å²) in [6, 6.07) is 4.69. The summed E-state index contributed by atoms with van der Waals surface area (Å²) in [5.74, 6) is -0.723. The number of nitrogens with one attached hydrogen (secondary N) is 1. The van der Waals surface area contributed by atoms with Gasteiger partial charge in [-0.3, -0.25) is 4.79 Å². The molecule has 1 N–H and O–H groups in total. The second kappa shape index (κ2) is 9.00. The zero-order valence-electron chi connectivity index (χ0n) is 15.1. The number of aromatic nitrogens is 2. The molecule has 0 aliphatic rings. The highest BCUT2D eigenvalue weighted by Crippen LogP contribution is 2.22. The van der Waals surface area contributed by atoms with Crippen molar-refractivity contribution in [1.82, 2.24) is 9.97 Å². The number of nitrogens with zero attached hydrogens (tertiary/aromatic N) is 2. The minimum atomic E-state index is -0.552. The van der Waals surface area contributed by atoms with Gasteiger partial charge in [-0.15, -0.1) is 0 Å². The number of benzene rings is 1. The van der Waals surface area contributed by atoms with Crippen molar-refractivity contribution in [2.24, 2.45) is 0 Å². The van der Waals surface area contributed by atoms with Crippen molar-refractivity contribution in [1.29, 1.82) is 0 Å². The van der Waals surface area contributed by atoms with E-state index in [9.17, 15) is 9.59 Å². The quantitative estimate of drug-likeness (QED) is 0.456. The van der Waals surface area contributed by atoms with Crippen LogP contribution in [-0.2, 0) is 16.0 Å². The van der Waals surface area contributed by atoms with Gasteiger partial charge in [0.2, 0.25) is 5.91 Å². The molecular weight excluding hydrogens is 374 g/mol. The maximum atomic E-state index is 12.3. The largest absolute Gasteiger partial charge is 0.465 e. The molecule has 6 nitrogen and oxygen atoms in total. The van der Waals surface area contributed by atoms with Gasteiger partial charge in [0, 0.05) is 23.5 Å². The first-order valence-electron chi connectivity index (χ1n) is 7.91. The maximum Gasteiger partial charge on any atom is 0.339 e. The Hall–Kier alpha value is -2.12. The number of methoxy groups -OCH3 is 1. The van der Waals surface area contributed by atoms with Gasteiger partial charge in [0.05, 0.1) is 17.7 Å². The van der Waals surface area contributed by atoms with Crippen molar-refractivity contribution < 1.29 is 14.3 Å². The van der Waals surface area contributed by atoms with Crippen LogP contribution in [0.5, 0.6) is 0 Å². The smallest absolute Gasteiger partial charge is 0.339 e. The van der Waals surface area contributed by atoms with Crippen LogP contribution < -0.4 is 5.32 Å². The summed E-state index contributed by atoms with van der Waals surface area (Å²) in [6.07, 6.45) is 2.74. The molecule has 138 valence electrons. The molecule has 0 saturated carbocycles. The van der Waals surface area contributed by atoms with Gasteiger partial charge in [0.15, 0.2) is 5.16 Å². The Labute approximate surface area is 161 Å². The summed E-state index contributed by atoms with van der Waals surface area (Å²) >= 11 is 7.47. The van der Waals surface area contributed by atoms with Crippen molar-refractivity contribution in [3.05, 3.63) is 45.7 Å². The molecule has 1 aromatic carbocycles. The van der Waals surface area contributed by atoms with Gasteiger partial charge in [0.25, 0.3) is 0 Å². The minimum Gasteiger partial charge on any atom is -0.465 e. The van der Waals surface area contributed by atoms with Crippen molar-refractivity contribution in [2.75, 3.05) is 18.7 Å². The number of thioether (sulfide) groups is 1. The second-order valence-corrected chi connectivity index (χ2v) is 6.77. The van der Waals surface area contributed by atoms with Crippen molar-refractivity contribution in [2.45, 2.75) is 31.8 Å². The molecule has 1 heterocycles. The fourth-order valence-electron chi connectivity index (χ4n) is 2.49. The van der Waals surface area contributed by atoms with E-state index in [4.69, 9.17) is 11.6 Å². The third-order valence-electron chi connectivity index (χ3n) is 3.84. The van der Waals surface area contributed by atoms with E-state index in [1.807, 2.05) is 20.1 Å². The van der Waals surface area contributed by atoms with Crippen LogP contribution in [0.4, 0.5) is 5.69 Å². The van der Waals surface area contributed by atoms with Gasteiger partial charge >= 0.3 is 5.97 Å². The van der Waals surface area contributed by atoms with E-state index in [0.717, 1.165) is 22.1 Å². The molecule has 0 unspecified atom stereocenters. The number of carbonyl (C=O) groups is 2. The second-order valence-electron chi connectivity index (χ2n) is 5.59. The Morgan fingerprint density at radius 1 is 1.23 bits per heavy atom. The predicted octanol–water partition coefficient (Wildman–Crippen LogP) is 3.83. The van der Waals surface area contributed by atoms with Gasteiger partial charge in [0.1, 0.15) is 0 Å². The van der Waals surface area contributed by atoms with Gasteiger partial charge in [-0.2, -0.15) is 0 Å². The lowest BCUT2D eigenvalue weighted by atomic mass is 10.1. The van der Waals surface area contributed by atoms with Gasteiger partial charge in [-0.05, 0) is 50.3 Å². The molecule has 2 rings (SSSR count). The Balaban J connectivity index is 2.05. The number of halogens is 1. The summed E-state index contributed by atoms with van der Waals surface area (Å²) < 4.78 is 4.68. The fraction of sp³-hybridized carbons (Fsp3) is 0.333. The minimum absolute atomic E-state index is 0.170. The van der Waals surface area contributed by atoms with E-state index >= 15 is 0 Å². The first-order valence-corrected chi connectivity index (χ1v) is 9.51. The molecule has 1 aromatic heterocycles. The average Bonchev–Trinajstić information content (AvgIpc) is 2.61. The van der Waals surface area contributed by atoms with Gasteiger partial charge in [-0.25, -0.2) is 14.8 Å². The van der Waals surface area contributed by atoms with Crippen LogP contribution >= 0.6 is 23.4 Å². The first-order chi connectivity index (χ1) is 12.3. The third kappa shape index (κ3) is 4.95. The standard InChI is InChI=1S/C18H20ClN3O3S/c1-10-13(11(2)21-18(20-10)26-4)6-8-16(23)22-12-5-7-15(19)14(9-12)17(24)25-3/h5,7,9H,6,8H2,1-4H3,(H,22,23). The monoisotopic (exact) mass is 393 g/mol. The Morgan fingerprint density at radius 3 is 2.46 bits per heavy atom. The maximum absolute atomic E-state index is 12.3. The van der Waals surface area contributed by atoms with Crippen LogP contribution in [0.25, 0.3) is 0 Å². The zero-order valence-corrected chi connectivity index (χ0v) is 16.6. The van der Waals surface area contributed by atoms with Crippen LogP contribution in [-0.4, -0.2) is 35.2 Å². The number of carbonyl (C=O) groups excluding carboxylic acids is 2. The van der Waals surface area contributed by atoms with Crippen molar-refractivity contribution in [3.8, 4) is 0 Å². The first kappa shape index (κ1) is 20.2. The number of anilines is 1. The molecular formula is C18H20ClN3O3S. The van der Waals surface area contributed by atoms with Crippen LogP contribution in [0.2, 0.25) is 5.02 Å². The van der Waals surface area contributed by atoms with Crippen molar-refractivity contribution >= 4 is 40.9 Å². The summed E-state index contributed by atoms with van der Waals surface area (Å²) in [7, 11) is 1.28. The lowest BCUT2D eigenvalue weighted by molar-refractivity contribution is -0.116. The molecule has 2 aromatic rings. The number of rotatable bonds is 6. The van der Waals surface area contributed by atoms with Crippen LogP contribution in [0, 0.1) is 13.8 Å². The lowest BCUT2D eigenvalue weighted by Crippen LogP contribution is -2.14. The summed E-state index contributed by atoms with van der Waals surface area (Å²) in [4.78, 5) is 32.8. The van der Waals surface area contributed by atoms with Crippen LogP contribution in [0.1, 0.15) is 33.7 Å². The molecule has 0 aliphatic carbocycles. The number of hydrogen-bond donors (Lipinski definition) is 1. The predicted molar refractivity (Wildman–Crippen MR) is 103 cm³/mol. The normalized spacial score (nSPS) is 10.5. The van der Waals surface area contributed by atoms with E-state index < -0.39 is 5.97 Å². The molecule has 0 saturated heterocycles. The van der Waals surface area contributed by atoms with E-state index in [-0.39, 0.29) is 22.9 Å². The van der Waals surface area contributed by atoms with E-state index in [2.05, 4.69) is 20.0 Å². The van der Waals surface area contributed by atoms with Crippen LogP contribution in [0.15, 0.2) is 23.4 Å². The van der Waals surface area contributed by atoms with Gasteiger partial charge < -0.3 is 10.1 Å². The molecule has 0 bridgehead atoms. The molecule has 0 atom stereocenters. The number of ether oxygens (including phenoxy) is 1. The average molecular weight is 394 g/mol. The number of amides is 1. The summed E-state index contributed by atoms with van der Waals surface area (Å²) in [5, 5.41) is 3.77.